The van der Waals surface area contributed by atoms with E-state index in [2.05, 4.69) is 63.0 Å². The van der Waals surface area contributed by atoms with Crippen LogP contribution in [0.3, 0.4) is 0 Å². The second-order valence-electron chi connectivity index (χ2n) is 4.89. The lowest BCUT2D eigenvalue weighted by Gasteiger charge is -2.10. The van der Waals surface area contributed by atoms with Crippen LogP contribution in [-0.2, 0) is 6.54 Å². The number of thiophene rings is 1. The van der Waals surface area contributed by atoms with E-state index in [0.717, 1.165) is 16.7 Å². The van der Waals surface area contributed by atoms with Crippen molar-refractivity contribution in [2.75, 3.05) is 0 Å². The molecular formula is C16H16BrN3S. The molecule has 108 valence electrons. The Morgan fingerprint density at radius 2 is 2.14 bits per heavy atom. The van der Waals surface area contributed by atoms with E-state index in [1.807, 2.05) is 29.1 Å². The Labute approximate surface area is 136 Å². The van der Waals surface area contributed by atoms with Gasteiger partial charge in [-0.1, -0.05) is 18.2 Å². The predicted molar refractivity (Wildman–Crippen MR) is 90.8 cm³/mol. The van der Waals surface area contributed by atoms with Gasteiger partial charge >= 0.3 is 0 Å². The summed E-state index contributed by atoms with van der Waals surface area (Å²) >= 11 is 5.24. The third-order valence-corrected chi connectivity index (χ3v) is 5.03. The molecule has 21 heavy (non-hydrogen) atoms. The maximum Gasteiger partial charge on any atom is 0.0645 e. The monoisotopic (exact) mass is 361 g/mol. The second kappa shape index (κ2) is 6.56. The predicted octanol–water partition coefficient (Wildman–Crippen LogP) is 4.55. The van der Waals surface area contributed by atoms with Crippen LogP contribution in [0, 0.1) is 0 Å². The second-order valence-corrected chi connectivity index (χ2v) is 6.80. The normalized spacial score (nSPS) is 12.5. The summed E-state index contributed by atoms with van der Waals surface area (Å²) in [4.78, 5) is 1.32. The van der Waals surface area contributed by atoms with Crippen LogP contribution in [0.15, 0.2) is 58.6 Å². The van der Waals surface area contributed by atoms with Gasteiger partial charge in [0.25, 0.3) is 0 Å². The van der Waals surface area contributed by atoms with Crippen LogP contribution in [0.5, 0.6) is 0 Å². The molecule has 3 aromatic rings. The number of rotatable bonds is 5. The summed E-state index contributed by atoms with van der Waals surface area (Å²) in [6.07, 6.45) is 4.01. The van der Waals surface area contributed by atoms with Crippen molar-refractivity contribution in [1.82, 2.24) is 15.1 Å². The van der Waals surface area contributed by atoms with E-state index >= 15 is 0 Å². The molecule has 0 amide bonds. The van der Waals surface area contributed by atoms with Crippen molar-refractivity contribution < 1.29 is 0 Å². The minimum Gasteiger partial charge on any atom is -0.305 e. The summed E-state index contributed by atoms with van der Waals surface area (Å²) in [5.74, 6) is 0. The molecule has 0 bridgehead atoms. The summed E-state index contributed by atoms with van der Waals surface area (Å²) in [5, 5.41) is 10.1. The number of hydrogen-bond acceptors (Lipinski definition) is 3. The van der Waals surface area contributed by atoms with Crippen LogP contribution in [0.4, 0.5) is 0 Å². The molecule has 1 aromatic carbocycles. The van der Waals surface area contributed by atoms with Crippen LogP contribution >= 0.6 is 27.3 Å². The molecule has 3 rings (SSSR count). The van der Waals surface area contributed by atoms with Crippen LogP contribution < -0.4 is 5.32 Å². The van der Waals surface area contributed by atoms with Gasteiger partial charge in [0.2, 0.25) is 0 Å². The van der Waals surface area contributed by atoms with Gasteiger partial charge < -0.3 is 5.32 Å². The maximum absolute atomic E-state index is 4.44. The summed E-state index contributed by atoms with van der Waals surface area (Å²) in [6, 6.07) is 12.6. The average molecular weight is 362 g/mol. The van der Waals surface area contributed by atoms with Gasteiger partial charge in [-0.15, -0.1) is 11.3 Å². The highest BCUT2D eigenvalue weighted by Crippen LogP contribution is 2.21. The Bertz CT molecular complexity index is 705. The molecule has 1 atom stereocenters. The first-order valence-corrected chi connectivity index (χ1v) is 8.46. The lowest BCUT2D eigenvalue weighted by molar-refractivity contribution is 0.578. The molecule has 0 aliphatic carbocycles. The summed E-state index contributed by atoms with van der Waals surface area (Å²) in [5.41, 5.74) is 2.27. The van der Waals surface area contributed by atoms with Crippen molar-refractivity contribution in [2.24, 2.45) is 0 Å². The third kappa shape index (κ3) is 3.61. The van der Waals surface area contributed by atoms with Crippen molar-refractivity contribution >= 4 is 27.3 Å². The summed E-state index contributed by atoms with van der Waals surface area (Å²) in [6.45, 7) is 3.03. The molecule has 0 aliphatic heterocycles. The van der Waals surface area contributed by atoms with E-state index in [9.17, 15) is 0 Å². The minimum atomic E-state index is 0.267. The van der Waals surface area contributed by atoms with Crippen LogP contribution in [-0.4, -0.2) is 9.78 Å². The quantitative estimate of drug-likeness (QED) is 0.722. The van der Waals surface area contributed by atoms with Gasteiger partial charge in [-0.3, -0.25) is 0 Å². The molecule has 2 heterocycles. The molecule has 1 unspecified atom stereocenters. The highest BCUT2D eigenvalue weighted by molar-refractivity contribution is 9.10. The SMILES string of the molecule is CC(NCc1cc(Br)cs1)c1cnn(-c2ccccc2)c1. The molecule has 2 aromatic heterocycles. The fraction of sp³-hybridized carbons (Fsp3) is 0.188. The fourth-order valence-corrected chi connectivity index (χ4v) is 3.50. The zero-order valence-corrected chi connectivity index (χ0v) is 14.1. The lowest BCUT2D eigenvalue weighted by atomic mass is 10.2. The molecule has 0 saturated heterocycles. The van der Waals surface area contributed by atoms with E-state index in [1.165, 1.54) is 10.4 Å². The molecule has 1 N–H and O–H groups in total. The van der Waals surface area contributed by atoms with E-state index in [1.54, 1.807) is 11.3 Å². The van der Waals surface area contributed by atoms with E-state index < -0.39 is 0 Å². The van der Waals surface area contributed by atoms with Crippen molar-refractivity contribution in [1.29, 1.82) is 0 Å². The molecule has 0 saturated carbocycles. The van der Waals surface area contributed by atoms with Crippen LogP contribution in [0.25, 0.3) is 5.69 Å². The number of para-hydroxylation sites is 1. The first-order valence-electron chi connectivity index (χ1n) is 6.78. The lowest BCUT2D eigenvalue weighted by Crippen LogP contribution is -2.16. The van der Waals surface area contributed by atoms with Gasteiger partial charge in [-0.2, -0.15) is 5.10 Å². The number of hydrogen-bond donors (Lipinski definition) is 1. The Morgan fingerprint density at radius 1 is 1.33 bits per heavy atom. The van der Waals surface area contributed by atoms with Crippen LogP contribution in [0.1, 0.15) is 23.4 Å². The number of nitrogens with zero attached hydrogens (tertiary/aromatic N) is 2. The van der Waals surface area contributed by atoms with E-state index in [4.69, 9.17) is 0 Å². The Hall–Kier alpha value is -1.43. The highest BCUT2D eigenvalue weighted by Gasteiger charge is 2.09. The van der Waals surface area contributed by atoms with Gasteiger partial charge in [0.05, 0.1) is 11.9 Å². The van der Waals surface area contributed by atoms with E-state index in [-0.39, 0.29) is 6.04 Å². The molecule has 5 heteroatoms. The van der Waals surface area contributed by atoms with Crippen molar-refractivity contribution in [3.63, 3.8) is 0 Å². The zero-order valence-electron chi connectivity index (χ0n) is 11.7. The van der Waals surface area contributed by atoms with E-state index in [0.29, 0.717) is 0 Å². The topological polar surface area (TPSA) is 29.9 Å². The molecule has 0 radical (unpaired) electrons. The highest BCUT2D eigenvalue weighted by atomic mass is 79.9. The van der Waals surface area contributed by atoms with Crippen molar-refractivity contribution in [2.45, 2.75) is 19.5 Å². The zero-order chi connectivity index (χ0) is 14.7. The van der Waals surface area contributed by atoms with Crippen molar-refractivity contribution in [3.8, 4) is 5.69 Å². The number of halogens is 1. The smallest absolute Gasteiger partial charge is 0.0645 e. The van der Waals surface area contributed by atoms with Crippen LogP contribution in [0.2, 0.25) is 0 Å². The molecule has 0 fully saturated rings. The average Bonchev–Trinajstić information content (AvgIpc) is 3.15. The van der Waals surface area contributed by atoms with Gasteiger partial charge in [0.1, 0.15) is 0 Å². The fourth-order valence-electron chi connectivity index (χ4n) is 2.10. The Balaban J connectivity index is 1.65. The first kappa shape index (κ1) is 14.5. The standard InChI is InChI=1S/C16H16BrN3S/c1-12(18-9-16-7-14(17)11-21-16)13-8-19-20(10-13)15-5-3-2-4-6-15/h2-8,10-12,18H,9H2,1H3. The summed E-state index contributed by atoms with van der Waals surface area (Å²) in [7, 11) is 0. The summed E-state index contributed by atoms with van der Waals surface area (Å²) < 4.78 is 3.06. The minimum absolute atomic E-state index is 0.267. The van der Waals surface area contributed by atoms with Gasteiger partial charge in [-0.05, 0) is 41.1 Å². The van der Waals surface area contributed by atoms with Crippen molar-refractivity contribution in [3.05, 3.63) is 69.1 Å². The third-order valence-electron chi connectivity index (χ3n) is 3.33. The molecule has 0 spiro atoms. The van der Waals surface area contributed by atoms with Gasteiger partial charge in [0, 0.05) is 39.1 Å². The molecule has 0 aliphatic rings. The maximum atomic E-state index is 4.44. The van der Waals surface area contributed by atoms with Gasteiger partial charge in [-0.25, -0.2) is 4.68 Å². The molecular weight excluding hydrogens is 346 g/mol. The Kier molecular flexibility index (Phi) is 4.53. The molecule has 3 nitrogen and oxygen atoms in total. The first-order chi connectivity index (χ1) is 10.2. The largest absolute Gasteiger partial charge is 0.305 e. The number of nitrogens with one attached hydrogen (secondary N) is 1. The van der Waals surface area contributed by atoms with Gasteiger partial charge in [0.15, 0.2) is 0 Å². The Morgan fingerprint density at radius 3 is 2.86 bits per heavy atom. The number of aromatic nitrogens is 2. The number of benzene rings is 1.